The van der Waals surface area contributed by atoms with E-state index in [2.05, 4.69) is 10.2 Å². The Balaban J connectivity index is 1.62. The zero-order valence-corrected chi connectivity index (χ0v) is 18.1. The van der Waals surface area contributed by atoms with Crippen LogP contribution in [0.2, 0.25) is 0 Å². The Morgan fingerprint density at radius 3 is 2.44 bits per heavy atom. The van der Waals surface area contributed by atoms with E-state index in [1.165, 1.54) is 12.1 Å². The number of alkyl halides is 3. The first-order valence-corrected chi connectivity index (χ1v) is 10.7. The van der Waals surface area contributed by atoms with Gasteiger partial charge in [-0.25, -0.2) is 4.39 Å². The number of hydrogen-bond donors (Lipinski definition) is 1. The fourth-order valence-electron chi connectivity index (χ4n) is 4.60. The van der Waals surface area contributed by atoms with Gasteiger partial charge in [0, 0.05) is 11.0 Å². The van der Waals surface area contributed by atoms with E-state index in [-0.39, 0.29) is 30.2 Å². The van der Waals surface area contributed by atoms with Crippen LogP contribution in [0.5, 0.6) is 0 Å². The minimum Gasteiger partial charge on any atom is -0.373 e. The Kier molecular flexibility index (Phi) is 6.02. The van der Waals surface area contributed by atoms with Crippen LogP contribution in [-0.4, -0.2) is 37.6 Å². The van der Waals surface area contributed by atoms with Crippen molar-refractivity contribution in [3.63, 3.8) is 0 Å². The number of piperidine rings is 1. The number of halogens is 4. The molecule has 0 aromatic heterocycles. The molecule has 1 N–H and O–H groups in total. The summed E-state index contributed by atoms with van der Waals surface area (Å²) in [7, 11) is 2.03. The second kappa shape index (κ2) is 8.48. The van der Waals surface area contributed by atoms with Gasteiger partial charge in [0.1, 0.15) is 5.82 Å². The standard InChI is InChI=1S/C24H26F4N2O2/c1-15(20-13-18(24(26,27)28)11-16-12-21(31)29-22(16)20)32-14-23(7-9-30(2)10-8-23)17-3-5-19(25)6-4-17/h3-6,11,13,15H,7-10,12,14H2,1-2H3,(H,29,31). The van der Waals surface area contributed by atoms with Gasteiger partial charge >= 0.3 is 6.18 Å². The number of amides is 1. The van der Waals surface area contributed by atoms with E-state index in [1.54, 1.807) is 19.1 Å². The highest BCUT2D eigenvalue weighted by molar-refractivity contribution is 6.00. The molecule has 1 unspecified atom stereocenters. The third-order valence-electron chi connectivity index (χ3n) is 6.64. The molecule has 32 heavy (non-hydrogen) atoms. The fraction of sp³-hybridized carbons (Fsp3) is 0.458. The molecule has 1 atom stereocenters. The molecule has 0 saturated carbocycles. The van der Waals surface area contributed by atoms with Gasteiger partial charge in [0.25, 0.3) is 0 Å². The van der Waals surface area contributed by atoms with E-state index in [0.29, 0.717) is 16.8 Å². The van der Waals surface area contributed by atoms with Crippen LogP contribution in [0.15, 0.2) is 36.4 Å². The third-order valence-corrected chi connectivity index (χ3v) is 6.64. The predicted molar refractivity (Wildman–Crippen MR) is 113 cm³/mol. The highest BCUT2D eigenvalue weighted by Gasteiger charge is 2.38. The molecule has 1 amide bonds. The van der Waals surface area contributed by atoms with Crippen molar-refractivity contribution in [1.29, 1.82) is 0 Å². The molecule has 2 aliphatic heterocycles. The number of ether oxygens (including phenoxy) is 1. The van der Waals surface area contributed by atoms with Crippen molar-refractivity contribution in [2.45, 2.75) is 43.9 Å². The molecule has 0 bridgehead atoms. The van der Waals surface area contributed by atoms with Gasteiger partial charge in [-0.05, 0) is 75.3 Å². The lowest BCUT2D eigenvalue weighted by Gasteiger charge is -2.41. The molecule has 2 heterocycles. The molecule has 1 saturated heterocycles. The minimum absolute atomic E-state index is 0.0785. The SMILES string of the molecule is CC(OCC1(c2ccc(F)cc2)CCN(C)CC1)c1cc(C(F)(F)F)cc2c1NC(=O)C2. The molecule has 2 aliphatic rings. The zero-order chi connectivity index (χ0) is 23.1. The Labute approximate surface area is 184 Å². The van der Waals surface area contributed by atoms with E-state index in [0.717, 1.165) is 43.6 Å². The number of rotatable bonds is 5. The van der Waals surface area contributed by atoms with Crippen LogP contribution < -0.4 is 5.32 Å². The van der Waals surface area contributed by atoms with Gasteiger partial charge in [0.15, 0.2) is 0 Å². The number of hydrogen-bond acceptors (Lipinski definition) is 3. The van der Waals surface area contributed by atoms with Gasteiger partial charge in [-0.2, -0.15) is 13.2 Å². The maximum absolute atomic E-state index is 13.5. The molecule has 4 nitrogen and oxygen atoms in total. The average Bonchev–Trinajstić information content (AvgIpc) is 3.13. The summed E-state index contributed by atoms with van der Waals surface area (Å²) in [5.41, 5.74) is 0.885. The Hall–Kier alpha value is -2.45. The maximum atomic E-state index is 13.5. The molecule has 2 aromatic rings. The van der Waals surface area contributed by atoms with Gasteiger partial charge in [0.05, 0.1) is 30.4 Å². The van der Waals surface area contributed by atoms with Crippen LogP contribution in [0.3, 0.4) is 0 Å². The first kappa shape index (κ1) is 22.7. The Bertz CT molecular complexity index is 996. The van der Waals surface area contributed by atoms with E-state index >= 15 is 0 Å². The summed E-state index contributed by atoms with van der Waals surface area (Å²) < 4.78 is 60.0. The highest BCUT2D eigenvalue weighted by atomic mass is 19.4. The number of fused-ring (bicyclic) bond motifs is 1. The van der Waals surface area contributed by atoms with E-state index in [1.807, 2.05) is 7.05 Å². The van der Waals surface area contributed by atoms with Gasteiger partial charge in [-0.15, -0.1) is 0 Å². The van der Waals surface area contributed by atoms with Crippen molar-refractivity contribution in [2.75, 3.05) is 32.1 Å². The van der Waals surface area contributed by atoms with Crippen molar-refractivity contribution >= 4 is 11.6 Å². The molecule has 8 heteroatoms. The van der Waals surface area contributed by atoms with Crippen molar-refractivity contribution in [1.82, 2.24) is 4.90 Å². The van der Waals surface area contributed by atoms with Gasteiger partial charge in [-0.3, -0.25) is 4.79 Å². The minimum atomic E-state index is -4.52. The molecule has 172 valence electrons. The molecular weight excluding hydrogens is 424 g/mol. The van der Waals surface area contributed by atoms with Crippen molar-refractivity contribution < 1.29 is 27.1 Å². The normalized spacial score (nSPS) is 19.5. The topological polar surface area (TPSA) is 41.6 Å². The largest absolute Gasteiger partial charge is 0.416 e. The van der Waals surface area contributed by atoms with Crippen molar-refractivity contribution in [3.8, 4) is 0 Å². The van der Waals surface area contributed by atoms with E-state index < -0.39 is 17.8 Å². The van der Waals surface area contributed by atoms with E-state index in [9.17, 15) is 22.4 Å². The summed E-state index contributed by atoms with van der Waals surface area (Å²) in [5.74, 6) is -0.646. The predicted octanol–water partition coefficient (Wildman–Crippen LogP) is 5.08. The summed E-state index contributed by atoms with van der Waals surface area (Å²) in [6, 6.07) is 8.46. The number of likely N-dealkylation sites (tertiary alicyclic amines) is 1. The summed E-state index contributed by atoms with van der Waals surface area (Å²) in [5, 5.41) is 2.68. The van der Waals surface area contributed by atoms with Crippen LogP contribution in [0.25, 0.3) is 0 Å². The first-order valence-electron chi connectivity index (χ1n) is 10.7. The molecule has 1 fully saturated rings. The summed E-state index contributed by atoms with van der Waals surface area (Å²) in [4.78, 5) is 14.1. The maximum Gasteiger partial charge on any atom is 0.416 e. The van der Waals surface area contributed by atoms with E-state index in [4.69, 9.17) is 4.74 Å². The number of benzene rings is 2. The third kappa shape index (κ3) is 4.52. The molecule has 0 spiro atoms. The lowest BCUT2D eigenvalue weighted by Crippen LogP contribution is -2.44. The van der Waals surface area contributed by atoms with Gasteiger partial charge in [0.2, 0.25) is 5.91 Å². The van der Waals surface area contributed by atoms with Crippen molar-refractivity contribution in [2.24, 2.45) is 0 Å². The first-order chi connectivity index (χ1) is 15.1. The number of nitrogens with one attached hydrogen (secondary N) is 1. The molecule has 0 radical (unpaired) electrons. The highest BCUT2D eigenvalue weighted by Crippen LogP contribution is 2.41. The van der Waals surface area contributed by atoms with Crippen LogP contribution >= 0.6 is 0 Å². The van der Waals surface area contributed by atoms with Crippen LogP contribution in [0.4, 0.5) is 23.2 Å². The van der Waals surface area contributed by atoms with Gasteiger partial charge < -0.3 is 15.0 Å². The average molecular weight is 450 g/mol. The monoisotopic (exact) mass is 450 g/mol. The molecule has 2 aromatic carbocycles. The quantitative estimate of drug-likeness (QED) is 0.646. The molecule has 4 rings (SSSR count). The summed E-state index contributed by atoms with van der Waals surface area (Å²) in [6.07, 6.45) is -3.68. The number of nitrogens with zero attached hydrogens (tertiary/aromatic N) is 1. The lowest BCUT2D eigenvalue weighted by molar-refractivity contribution is -0.137. The Morgan fingerprint density at radius 2 is 1.81 bits per heavy atom. The number of carbonyl (C=O) groups excluding carboxylic acids is 1. The number of carbonyl (C=O) groups is 1. The van der Waals surface area contributed by atoms with Crippen LogP contribution in [-0.2, 0) is 27.5 Å². The van der Waals surface area contributed by atoms with Crippen LogP contribution in [0.1, 0.15) is 48.1 Å². The molecular formula is C24H26F4N2O2. The smallest absolute Gasteiger partial charge is 0.373 e. The van der Waals surface area contributed by atoms with Crippen molar-refractivity contribution in [3.05, 3.63) is 64.5 Å². The zero-order valence-electron chi connectivity index (χ0n) is 18.1. The second-order valence-corrected chi connectivity index (χ2v) is 8.87. The second-order valence-electron chi connectivity index (χ2n) is 8.87. The van der Waals surface area contributed by atoms with Gasteiger partial charge in [-0.1, -0.05) is 12.1 Å². The lowest BCUT2D eigenvalue weighted by atomic mass is 9.73. The number of anilines is 1. The summed E-state index contributed by atoms with van der Waals surface area (Å²) >= 11 is 0. The Morgan fingerprint density at radius 1 is 1.16 bits per heavy atom. The fourth-order valence-corrected chi connectivity index (χ4v) is 4.60. The molecule has 0 aliphatic carbocycles. The van der Waals surface area contributed by atoms with Crippen LogP contribution in [0, 0.1) is 5.82 Å². The summed E-state index contributed by atoms with van der Waals surface area (Å²) in [6.45, 7) is 3.66.